The second-order valence-corrected chi connectivity index (χ2v) is 5.63. The van der Waals surface area contributed by atoms with Crippen molar-refractivity contribution >= 4 is 34.9 Å². The SMILES string of the molecule is COC(=O)c1ccc(O[C@@H](C)C(=O)Nc2cccc(Cl)c2)c([N+](=O)[O-])c1. The number of nitrogens with one attached hydrogen (secondary N) is 1. The van der Waals surface area contributed by atoms with E-state index in [4.69, 9.17) is 16.3 Å². The standard InChI is InChI=1S/C17H15ClN2O6/c1-10(16(21)19-13-5-3-4-12(18)9-13)26-15-7-6-11(17(22)25-2)8-14(15)20(23)24/h3-10H,1-2H3,(H,19,21)/t10-/m0/s1. The number of ether oxygens (including phenoxy) is 2. The summed E-state index contributed by atoms with van der Waals surface area (Å²) in [7, 11) is 1.17. The smallest absolute Gasteiger partial charge is 0.338 e. The van der Waals surface area contributed by atoms with Crippen LogP contribution in [0.4, 0.5) is 11.4 Å². The summed E-state index contributed by atoms with van der Waals surface area (Å²) >= 11 is 5.85. The van der Waals surface area contributed by atoms with Crippen molar-refractivity contribution in [2.24, 2.45) is 0 Å². The largest absolute Gasteiger partial charge is 0.474 e. The highest BCUT2D eigenvalue weighted by Gasteiger charge is 2.23. The maximum Gasteiger partial charge on any atom is 0.338 e. The molecule has 2 aromatic rings. The first-order valence-corrected chi connectivity index (χ1v) is 7.79. The molecular formula is C17H15ClN2O6. The second-order valence-electron chi connectivity index (χ2n) is 5.19. The van der Waals surface area contributed by atoms with Gasteiger partial charge in [-0.3, -0.25) is 14.9 Å². The molecule has 0 radical (unpaired) electrons. The van der Waals surface area contributed by atoms with Crippen LogP contribution in [-0.4, -0.2) is 30.0 Å². The molecule has 26 heavy (non-hydrogen) atoms. The zero-order chi connectivity index (χ0) is 19.3. The highest BCUT2D eigenvalue weighted by Crippen LogP contribution is 2.29. The highest BCUT2D eigenvalue weighted by atomic mass is 35.5. The van der Waals surface area contributed by atoms with Gasteiger partial charge in [0, 0.05) is 16.8 Å². The molecule has 0 saturated carbocycles. The van der Waals surface area contributed by atoms with Gasteiger partial charge in [-0.05, 0) is 37.3 Å². The molecule has 1 atom stereocenters. The van der Waals surface area contributed by atoms with Crippen LogP contribution in [0.5, 0.6) is 5.75 Å². The molecule has 0 aliphatic rings. The maximum atomic E-state index is 12.2. The number of nitro groups is 1. The van der Waals surface area contributed by atoms with Crippen LogP contribution in [0.3, 0.4) is 0 Å². The Morgan fingerprint density at radius 2 is 1.96 bits per heavy atom. The van der Waals surface area contributed by atoms with Crippen LogP contribution in [0, 0.1) is 10.1 Å². The average molecular weight is 379 g/mol. The summed E-state index contributed by atoms with van der Waals surface area (Å²) in [5, 5.41) is 14.3. The van der Waals surface area contributed by atoms with Gasteiger partial charge < -0.3 is 14.8 Å². The van der Waals surface area contributed by atoms with Crippen molar-refractivity contribution in [3.05, 3.63) is 63.2 Å². The van der Waals surface area contributed by atoms with Gasteiger partial charge in [-0.25, -0.2) is 4.79 Å². The predicted molar refractivity (Wildman–Crippen MR) is 94.6 cm³/mol. The van der Waals surface area contributed by atoms with Crippen LogP contribution in [0.1, 0.15) is 17.3 Å². The van der Waals surface area contributed by atoms with E-state index in [9.17, 15) is 19.7 Å². The summed E-state index contributed by atoms with van der Waals surface area (Å²) in [5.41, 5.74) is 0.0198. The van der Waals surface area contributed by atoms with Crippen LogP contribution >= 0.6 is 11.6 Å². The Morgan fingerprint density at radius 3 is 2.58 bits per heavy atom. The molecule has 0 heterocycles. The van der Waals surface area contributed by atoms with Gasteiger partial charge in [0.15, 0.2) is 11.9 Å². The van der Waals surface area contributed by atoms with Crippen LogP contribution in [0.15, 0.2) is 42.5 Å². The number of nitro benzene ring substituents is 1. The Morgan fingerprint density at radius 1 is 1.23 bits per heavy atom. The minimum atomic E-state index is -1.03. The average Bonchev–Trinajstić information content (AvgIpc) is 2.61. The van der Waals surface area contributed by atoms with Crippen molar-refractivity contribution < 1.29 is 24.0 Å². The van der Waals surface area contributed by atoms with Gasteiger partial charge in [-0.15, -0.1) is 0 Å². The van der Waals surface area contributed by atoms with Crippen molar-refractivity contribution in [1.29, 1.82) is 0 Å². The molecule has 0 unspecified atom stereocenters. The lowest BCUT2D eigenvalue weighted by molar-refractivity contribution is -0.386. The topological polar surface area (TPSA) is 108 Å². The highest BCUT2D eigenvalue weighted by molar-refractivity contribution is 6.30. The summed E-state index contributed by atoms with van der Waals surface area (Å²) in [6.45, 7) is 1.44. The van der Waals surface area contributed by atoms with Gasteiger partial charge >= 0.3 is 11.7 Å². The molecular weight excluding hydrogens is 364 g/mol. The minimum absolute atomic E-state index is 0.00239. The minimum Gasteiger partial charge on any atom is -0.474 e. The fourth-order valence-electron chi connectivity index (χ4n) is 2.06. The molecule has 2 rings (SSSR count). The molecule has 0 spiro atoms. The molecule has 9 heteroatoms. The second kappa shape index (κ2) is 8.30. The summed E-state index contributed by atoms with van der Waals surface area (Å²) < 4.78 is 9.93. The first-order chi connectivity index (χ1) is 12.3. The lowest BCUT2D eigenvalue weighted by Crippen LogP contribution is -2.30. The zero-order valence-electron chi connectivity index (χ0n) is 13.9. The van der Waals surface area contributed by atoms with E-state index in [-0.39, 0.29) is 11.3 Å². The van der Waals surface area contributed by atoms with E-state index in [0.717, 1.165) is 6.07 Å². The number of carbonyl (C=O) groups excluding carboxylic acids is 2. The predicted octanol–water partition coefficient (Wildman–Crippen LogP) is 3.44. The third-order valence-corrected chi connectivity index (χ3v) is 3.58. The molecule has 1 amide bonds. The summed E-state index contributed by atoms with van der Waals surface area (Å²) in [6, 6.07) is 10.1. The summed E-state index contributed by atoms with van der Waals surface area (Å²) in [4.78, 5) is 34.2. The Kier molecular flexibility index (Phi) is 6.13. The van der Waals surface area contributed by atoms with E-state index in [2.05, 4.69) is 10.1 Å². The number of nitrogens with zero attached hydrogens (tertiary/aromatic N) is 1. The molecule has 136 valence electrons. The maximum absolute atomic E-state index is 12.2. The van der Waals surface area contributed by atoms with E-state index in [1.54, 1.807) is 24.3 Å². The number of esters is 1. The number of halogens is 1. The van der Waals surface area contributed by atoms with Crippen molar-refractivity contribution in [2.75, 3.05) is 12.4 Å². The van der Waals surface area contributed by atoms with Gasteiger partial charge in [0.05, 0.1) is 17.6 Å². The number of hydrogen-bond acceptors (Lipinski definition) is 6. The van der Waals surface area contributed by atoms with Gasteiger partial charge in [0.2, 0.25) is 0 Å². The van der Waals surface area contributed by atoms with E-state index < -0.39 is 28.6 Å². The molecule has 0 saturated heterocycles. The molecule has 1 N–H and O–H groups in total. The fourth-order valence-corrected chi connectivity index (χ4v) is 2.25. The Labute approximate surface area is 153 Å². The number of benzene rings is 2. The first kappa shape index (κ1) is 19.2. The van der Waals surface area contributed by atoms with E-state index in [1.165, 1.54) is 26.2 Å². The van der Waals surface area contributed by atoms with E-state index in [1.807, 2.05) is 0 Å². The molecule has 0 aliphatic carbocycles. The van der Waals surface area contributed by atoms with Gasteiger partial charge in [0.1, 0.15) is 0 Å². The number of methoxy groups -OCH3 is 1. The number of amides is 1. The number of hydrogen-bond donors (Lipinski definition) is 1. The van der Waals surface area contributed by atoms with Crippen molar-refractivity contribution in [1.82, 2.24) is 0 Å². The lowest BCUT2D eigenvalue weighted by atomic mass is 10.2. The third-order valence-electron chi connectivity index (χ3n) is 3.34. The van der Waals surface area contributed by atoms with Crippen LogP contribution < -0.4 is 10.1 Å². The molecule has 0 fully saturated rings. The quantitative estimate of drug-likeness (QED) is 0.468. The fraction of sp³-hybridized carbons (Fsp3) is 0.176. The zero-order valence-corrected chi connectivity index (χ0v) is 14.6. The first-order valence-electron chi connectivity index (χ1n) is 7.41. The number of carbonyl (C=O) groups is 2. The van der Waals surface area contributed by atoms with Crippen LogP contribution in [0.25, 0.3) is 0 Å². The number of rotatable bonds is 6. The lowest BCUT2D eigenvalue weighted by Gasteiger charge is -2.15. The van der Waals surface area contributed by atoms with E-state index >= 15 is 0 Å². The molecule has 0 aromatic heterocycles. The van der Waals surface area contributed by atoms with Crippen molar-refractivity contribution in [3.63, 3.8) is 0 Å². The summed E-state index contributed by atoms with van der Waals surface area (Å²) in [6.07, 6.45) is -1.03. The Bertz CT molecular complexity index is 855. The van der Waals surface area contributed by atoms with Gasteiger partial charge in [0.25, 0.3) is 5.91 Å². The van der Waals surface area contributed by atoms with Crippen molar-refractivity contribution in [2.45, 2.75) is 13.0 Å². The van der Waals surface area contributed by atoms with Crippen LogP contribution in [-0.2, 0) is 9.53 Å². The Balaban J connectivity index is 2.17. The third kappa shape index (κ3) is 4.70. The van der Waals surface area contributed by atoms with E-state index in [0.29, 0.717) is 10.7 Å². The normalized spacial score (nSPS) is 11.3. The van der Waals surface area contributed by atoms with Gasteiger partial charge in [-0.2, -0.15) is 0 Å². The van der Waals surface area contributed by atoms with Crippen LogP contribution in [0.2, 0.25) is 5.02 Å². The van der Waals surface area contributed by atoms with Gasteiger partial charge in [-0.1, -0.05) is 17.7 Å². The molecule has 2 aromatic carbocycles. The van der Waals surface area contributed by atoms with Crippen molar-refractivity contribution in [3.8, 4) is 5.75 Å². The molecule has 0 aliphatic heterocycles. The molecule has 8 nitrogen and oxygen atoms in total. The monoisotopic (exact) mass is 378 g/mol. The Hall–Kier alpha value is -3.13. The number of anilines is 1. The molecule has 0 bridgehead atoms. The summed E-state index contributed by atoms with van der Waals surface area (Å²) in [5.74, 6) is -1.37.